The molecule has 4 aromatic carbocycles. The summed E-state index contributed by atoms with van der Waals surface area (Å²) >= 11 is 0. The molecule has 1 nitrogen and oxygen atoms in total. The maximum atomic E-state index is 6.17. The van der Waals surface area contributed by atoms with Gasteiger partial charge in [0.25, 0.3) is 0 Å². The molecule has 0 radical (unpaired) electrons. The first-order chi connectivity index (χ1) is 14.4. The number of hydrogen-bond acceptors (Lipinski definition) is 1. The third-order valence-corrected chi connectivity index (χ3v) is 10.4. The van der Waals surface area contributed by atoms with Gasteiger partial charge in [-0.25, -0.2) is 0 Å². The van der Waals surface area contributed by atoms with Crippen molar-refractivity contribution in [2.45, 2.75) is 6.61 Å². The van der Waals surface area contributed by atoms with E-state index >= 15 is 0 Å². The molecule has 0 unspecified atom stereocenters. The summed E-state index contributed by atoms with van der Waals surface area (Å²) in [5, 5.41) is 4.29. The van der Waals surface area contributed by atoms with Gasteiger partial charge in [0.05, 0.1) is 0 Å². The van der Waals surface area contributed by atoms with E-state index in [4.69, 9.17) is 4.74 Å². The van der Waals surface area contributed by atoms with Gasteiger partial charge in [-0.15, -0.1) is 0 Å². The fraction of sp³-hybridized carbons (Fsp3) is 0.111. The van der Waals surface area contributed by atoms with Crippen LogP contribution in [0.1, 0.15) is 5.56 Å². The fourth-order valence-corrected chi connectivity index (χ4v) is 8.69. The second kappa shape index (κ2) is 9.65. The zero-order valence-corrected chi connectivity index (χ0v) is 17.6. The minimum absolute atomic E-state index is 0.656. The summed E-state index contributed by atoms with van der Waals surface area (Å²) in [5.41, 5.74) is 1.22. The maximum absolute atomic E-state index is 6.17. The Balaban J connectivity index is 1.70. The van der Waals surface area contributed by atoms with E-state index in [0.717, 1.165) is 12.8 Å². The summed E-state index contributed by atoms with van der Waals surface area (Å²) in [6.07, 6.45) is 1.01. The molecule has 146 valence electrons. The summed E-state index contributed by atoms with van der Waals surface area (Å²) in [6, 6.07) is 43.5. The molecule has 0 bridgehead atoms. The van der Waals surface area contributed by atoms with Gasteiger partial charge in [-0.05, 0) is 0 Å². The van der Waals surface area contributed by atoms with Gasteiger partial charge in [0.2, 0.25) is 0 Å². The summed E-state index contributed by atoms with van der Waals surface area (Å²) in [5.74, 6) is 0. The van der Waals surface area contributed by atoms with Gasteiger partial charge in [0, 0.05) is 0 Å². The second-order valence-corrected chi connectivity index (χ2v) is 11.3. The Bertz CT molecular complexity index is 889. The van der Waals surface area contributed by atoms with Gasteiger partial charge in [-0.2, -0.15) is 0 Å². The van der Waals surface area contributed by atoms with Crippen molar-refractivity contribution in [2.75, 3.05) is 12.8 Å². The Morgan fingerprint density at radius 1 is 0.483 bits per heavy atom. The number of hydrogen-bond donors (Lipinski definition) is 0. The molecule has 0 aliphatic rings. The Hall–Kier alpha value is -2.73. The molecule has 0 spiro atoms. The van der Waals surface area contributed by atoms with E-state index in [-0.39, 0.29) is 0 Å². The monoisotopic (exact) mass is 398 g/mol. The Morgan fingerprint density at radius 2 is 0.862 bits per heavy atom. The molecular weight excluding hydrogens is 371 g/mol. The summed E-state index contributed by atoms with van der Waals surface area (Å²) < 4.78 is 6.17. The van der Waals surface area contributed by atoms with Crippen LogP contribution in [0.5, 0.6) is 0 Å². The molecule has 0 fully saturated rings. The Kier molecular flexibility index (Phi) is 6.52. The van der Waals surface area contributed by atoms with Crippen LogP contribution in [0.15, 0.2) is 121 Å². The number of rotatable bonds is 8. The topological polar surface area (TPSA) is 9.23 Å². The van der Waals surface area contributed by atoms with E-state index in [1.165, 1.54) is 21.5 Å². The predicted molar refractivity (Wildman–Crippen MR) is 128 cm³/mol. The van der Waals surface area contributed by atoms with Gasteiger partial charge in [0.1, 0.15) is 0 Å². The summed E-state index contributed by atoms with van der Waals surface area (Å²) in [7, 11) is -2.19. The standard InChI is InChI=1S/C27H27OP/c1-5-13-24(14-6-1)23-28-21-22-29(25-15-7-2-8-16-25,26-17-9-3-10-18-26)27-19-11-4-12-20-27/h1-20,29H,21-23H2. The molecule has 4 aromatic rings. The van der Waals surface area contributed by atoms with E-state index in [0.29, 0.717) is 6.61 Å². The fourth-order valence-electron chi connectivity index (χ4n) is 4.09. The zero-order valence-electron chi connectivity index (χ0n) is 16.6. The first kappa shape index (κ1) is 19.6. The van der Waals surface area contributed by atoms with Crippen LogP contribution in [0.3, 0.4) is 0 Å². The van der Waals surface area contributed by atoms with Crippen LogP contribution in [0, 0.1) is 0 Å². The third kappa shape index (κ3) is 4.48. The van der Waals surface area contributed by atoms with E-state index in [2.05, 4.69) is 115 Å². The van der Waals surface area contributed by atoms with Gasteiger partial charge in [-0.1, -0.05) is 0 Å². The molecule has 0 saturated carbocycles. The predicted octanol–water partition coefficient (Wildman–Crippen LogP) is 4.93. The molecule has 0 heterocycles. The molecule has 0 amide bonds. The molecule has 0 aliphatic carbocycles. The van der Waals surface area contributed by atoms with E-state index in [1.807, 2.05) is 6.07 Å². The first-order valence-electron chi connectivity index (χ1n) is 10.2. The molecule has 0 atom stereocenters. The molecule has 4 rings (SSSR count). The summed E-state index contributed by atoms with van der Waals surface area (Å²) in [4.78, 5) is 0. The number of ether oxygens (including phenoxy) is 1. The van der Waals surface area contributed by atoms with Crippen molar-refractivity contribution < 1.29 is 4.74 Å². The van der Waals surface area contributed by atoms with Crippen LogP contribution < -0.4 is 15.9 Å². The van der Waals surface area contributed by atoms with Crippen molar-refractivity contribution in [1.29, 1.82) is 0 Å². The zero-order chi connectivity index (χ0) is 19.8. The van der Waals surface area contributed by atoms with Crippen LogP contribution in [-0.2, 0) is 11.3 Å². The molecule has 0 N–H and O–H groups in total. The second-order valence-electron chi connectivity index (χ2n) is 7.29. The Morgan fingerprint density at radius 3 is 1.28 bits per heavy atom. The SMILES string of the molecule is c1ccc(COCC[PH](c2ccccc2)(c2ccccc2)c2ccccc2)cc1. The van der Waals surface area contributed by atoms with Crippen molar-refractivity contribution >= 4 is 23.2 Å². The van der Waals surface area contributed by atoms with Crippen LogP contribution >= 0.6 is 7.26 Å². The third-order valence-electron chi connectivity index (χ3n) is 5.53. The molecule has 29 heavy (non-hydrogen) atoms. The normalized spacial score (nSPS) is 11.9. The molecule has 0 aliphatic heterocycles. The van der Waals surface area contributed by atoms with Crippen LogP contribution in [0.25, 0.3) is 0 Å². The quantitative estimate of drug-likeness (QED) is 0.302. The molecular formula is C27H27OP. The molecule has 0 aromatic heterocycles. The Labute approximate surface area is 174 Å². The van der Waals surface area contributed by atoms with Crippen LogP contribution in [0.4, 0.5) is 0 Å². The average molecular weight is 398 g/mol. The van der Waals surface area contributed by atoms with Gasteiger partial charge >= 0.3 is 174 Å². The van der Waals surface area contributed by atoms with Crippen LogP contribution in [0.2, 0.25) is 0 Å². The average Bonchev–Trinajstić information content (AvgIpc) is 2.82. The first-order valence-corrected chi connectivity index (χ1v) is 12.4. The molecule has 0 saturated heterocycles. The summed E-state index contributed by atoms with van der Waals surface area (Å²) in [6.45, 7) is 1.39. The van der Waals surface area contributed by atoms with Crippen molar-refractivity contribution in [3.8, 4) is 0 Å². The van der Waals surface area contributed by atoms with Crippen molar-refractivity contribution in [3.63, 3.8) is 0 Å². The van der Waals surface area contributed by atoms with E-state index in [1.54, 1.807) is 0 Å². The van der Waals surface area contributed by atoms with E-state index < -0.39 is 7.26 Å². The van der Waals surface area contributed by atoms with E-state index in [9.17, 15) is 0 Å². The minimum atomic E-state index is -2.19. The molecule has 2 heteroatoms. The number of benzene rings is 4. The van der Waals surface area contributed by atoms with Gasteiger partial charge in [-0.3, -0.25) is 0 Å². The van der Waals surface area contributed by atoms with Crippen LogP contribution in [-0.4, -0.2) is 12.8 Å². The van der Waals surface area contributed by atoms with Gasteiger partial charge < -0.3 is 0 Å². The van der Waals surface area contributed by atoms with Gasteiger partial charge in [0.15, 0.2) is 0 Å². The van der Waals surface area contributed by atoms with Crippen molar-refractivity contribution in [2.24, 2.45) is 0 Å². The van der Waals surface area contributed by atoms with Crippen molar-refractivity contribution in [1.82, 2.24) is 0 Å². The van der Waals surface area contributed by atoms with Crippen molar-refractivity contribution in [3.05, 3.63) is 127 Å².